The number of ketones is 1. The van der Waals surface area contributed by atoms with E-state index in [0.717, 1.165) is 22.2 Å². The predicted molar refractivity (Wildman–Crippen MR) is 95.6 cm³/mol. The van der Waals surface area contributed by atoms with E-state index in [9.17, 15) is 9.59 Å². The monoisotopic (exact) mass is 348 g/mol. The van der Waals surface area contributed by atoms with E-state index in [4.69, 9.17) is 0 Å². The van der Waals surface area contributed by atoms with Gasteiger partial charge in [-0.25, -0.2) is 14.6 Å². The van der Waals surface area contributed by atoms with Gasteiger partial charge in [0.15, 0.2) is 0 Å². The topological polar surface area (TPSA) is 98.5 Å². The zero-order valence-electron chi connectivity index (χ0n) is 14.5. The first kappa shape index (κ1) is 15.9. The summed E-state index contributed by atoms with van der Waals surface area (Å²) >= 11 is 0. The molecule has 0 bridgehead atoms. The van der Waals surface area contributed by atoms with E-state index in [-0.39, 0.29) is 17.2 Å². The van der Waals surface area contributed by atoms with Gasteiger partial charge in [0, 0.05) is 30.4 Å². The maximum Gasteiger partial charge on any atom is 0.249 e. The number of aromatic amines is 1. The van der Waals surface area contributed by atoms with Gasteiger partial charge in [-0.2, -0.15) is 5.10 Å². The van der Waals surface area contributed by atoms with Crippen molar-refractivity contribution in [3.63, 3.8) is 0 Å². The highest BCUT2D eigenvalue weighted by atomic mass is 16.1. The Hall–Kier alpha value is -3.55. The van der Waals surface area contributed by atoms with Crippen molar-refractivity contribution < 1.29 is 4.79 Å². The molecule has 0 amide bonds. The van der Waals surface area contributed by atoms with Crippen LogP contribution in [0.2, 0.25) is 0 Å². The first-order chi connectivity index (χ1) is 12.4. The fraction of sp³-hybridized carbons (Fsp3) is 0.167. The maximum absolute atomic E-state index is 12.6. The van der Waals surface area contributed by atoms with Crippen LogP contribution < -0.4 is 5.56 Å². The minimum Gasteiger partial charge on any atom is -0.322 e. The van der Waals surface area contributed by atoms with Crippen LogP contribution in [0.25, 0.3) is 16.6 Å². The van der Waals surface area contributed by atoms with Crippen LogP contribution in [0.15, 0.2) is 41.6 Å². The number of imidazole rings is 1. The summed E-state index contributed by atoms with van der Waals surface area (Å²) < 4.78 is 3.27. The number of nitrogens with zero attached hydrogens (tertiary/aromatic N) is 5. The van der Waals surface area contributed by atoms with E-state index in [1.807, 2.05) is 30.5 Å². The molecule has 0 radical (unpaired) electrons. The molecule has 4 aromatic rings. The Morgan fingerprint density at radius 3 is 2.73 bits per heavy atom. The van der Waals surface area contributed by atoms with E-state index in [2.05, 4.69) is 20.1 Å². The molecular weight excluding hydrogens is 332 g/mol. The zero-order valence-corrected chi connectivity index (χ0v) is 14.5. The quantitative estimate of drug-likeness (QED) is 0.568. The molecule has 0 aliphatic heterocycles. The third-order valence-corrected chi connectivity index (χ3v) is 4.32. The summed E-state index contributed by atoms with van der Waals surface area (Å²) in [6, 6.07) is 7.17. The molecule has 1 N–H and O–H groups in total. The third-order valence-electron chi connectivity index (χ3n) is 4.32. The van der Waals surface area contributed by atoms with Gasteiger partial charge in [-0.05, 0) is 37.6 Å². The smallest absolute Gasteiger partial charge is 0.249 e. The van der Waals surface area contributed by atoms with Crippen molar-refractivity contribution in [1.29, 1.82) is 0 Å². The molecule has 26 heavy (non-hydrogen) atoms. The van der Waals surface area contributed by atoms with Crippen LogP contribution in [0.3, 0.4) is 0 Å². The Morgan fingerprint density at radius 1 is 1.19 bits per heavy atom. The fourth-order valence-corrected chi connectivity index (χ4v) is 3.03. The Kier molecular flexibility index (Phi) is 3.54. The molecule has 3 aromatic heterocycles. The standard InChI is InChI=1S/C18H16N6O2/c1-10-6-13(7-12-4-5-15(25)22-16(10)12)24-8-14(21-11(24)2)17(26)18-19-9-20-23(18)3/h4-9H,1-3H3,(H,22,25). The van der Waals surface area contributed by atoms with Crippen LogP contribution in [0.4, 0.5) is 0 Å². The maximum atomic E-state index is 12.6. The van der Waals surface area contributed by atoms with Crippen molar-refractivity contribution in [1.82, 2.24) is 29.3 Å². The fourth-order valence-electron chi connectivity index (χ4n) is 3.03. The molecule has 130 valence electrons. The zero-order chi connectivity index (χ0) is 18.4. The van der Waals surface area contributed by atoms with Gasteiger partial charge in [0.1, 0.15) is 17.8 Å². The number of H-pyrrole nitrogens is 1. The van der Waals surface area contributed by atoms with E-state index in [1.165, 1.54) is 17.1 Å². The number of nitrogens with one attached hydrogen (secondary N) is 1. The highest BCUT2D eigenvalue weighted by Gasteiger charge is 2.19. The number of benzene rings is 1. The number of pyridine rings is 1. The Morgan fingerprint density at radius 2 is 2.00 bits per heavy atom. The number of carbonyl (C=O) groups excluding carboxylic acids is 1. The van der Waals surface area contributed by atoms with Crippen molar-refractivity contribution in [2.45, 2.75) is 13.8 Å². The minimum atomic E-state index is -0.284. The van der Waals surface area contributed by atoms with Crippen molar-refractivity contribution in [3.8, 4) is 5.69 Å². The summed E-state index contributed by atoms with van der Waals surface area (Å²) in [6.07, 6.45) is 3.03. The SMILES string of the molecule is Cc1cc(-n2cc(C(=O)c3ncnn3C)nc2C)cc2ccc(=O)[nH]c12. The number of hydrogen-bond donors (Lipinski definition) is 1. The van der Waals surface area contributed by atoms with Crippen LogP contribution >= 0.6 is 0 Å². The van der Waals surface area contributed by atoms with E-state index in [0.29, 0.717) is 11.5 Å². The molecule has 0 saturated carbocycles. The van der Waals surface area contributed by atoms with Crippen LogP contribution in [-0.2, 0) is 7.05 Å². The van der Waals surface area contributed by atoms with Crippen LogP contribution in [0.5, 0.6) is 0 Å². The number of aryl methyl sites for hydroxylation is 3. The summed E-state index contributed by atoms with van der Waals surface area (Å²) in [7, 11) is 1.66. The molecule has 0 fully saturated rings. The van der Waals surface area contributed by atoms with Crippen molar-refractivity contribution in [2.24, 2.45) is 7.05 Å². The van der Waals surface area contributed by atoms with Crippen LogP contribution in [0, 0.1) is 13.8 Å². The molecule has 0 spiro atoms. The first-order valence-corrected chi connectivity index (χ1v) is 8.03. The molecule has 1 aromatic carbocycles. The Bertz CT molecular complexity index is 1210. The van der Waals surface area contributed by atoms with Gasteiger partial charge in [-0.15, -0.1) is 0 Å². The van der Waals surface area contributed by atoms with E-state index < -0.39 is 0 Å². The van der Waals surface area contributed by atoms with Crippen LogP contribution in [0.1, 0.15) is 27.7 Å². The van der Waals surface area contributed by atoms with Crippen molar-refractivity contribution in [3.05, 3.63) is 70.0 Å². The highest BCUT2D eigenvalue weighted by molar-refractivity contribution is 6.05. The third kappa shape index (κ3) is 2.52. The molecule has 0 unspecified atom stereocenters. The van der Waals surface area contributed by atoms with Crippen molar-refractivity contribution >= 4 is 16.7 Å². The van der Waals surface area contributed by atoms with Gasteiger partial charge in [-0.1, -0.05) is 0 Å². The molecule has 0 atom stereocenters. The average Bonchev–Trinajstić information content (AvgIpc) is 3.20. The molecule has 0 saturated heterocycles. The second-order valence-electron chi connectivity index (χ2n) is 6.13. The minimum absolute atomic E-state index is 0.135. The van der Waals surface area contributed by atoms with Crippen LogP contribution in [-0.4, -0.2) is 35.1 Å². The Labute approximate surface area is 148 Å². The van der Waals surface area contributed by atoms with Gasteiger partial charge in [0.25, 0.3) is 0 Å². The summed E-state index contributed by atoms with van der Waals surface area (Å²) in [5.74, 6) is 0.634. The first-order valence-electron chi connectivity index (χ1n) is 8.03. The lowest BCUT2D eigenvalue weighted by Gasteiger charge is -2.09. The average molecular weight is 348 g/mol. The lowest BCUT2D eigenvalue weighted by atomic mass is 10.1. The molecule has 8 heteroatoms. The summed E-state index contributed by atoms with van der Waals surface area (Å²) in [5, 5.41) is 4.84. The van der Waals surface area contributed by atoms with Gasteiger partial charge >= 0.3 is 0 Å². The molecule has 3 heterocycles. The Balaban J connectivity index is 1.82. The number of rotatable bonds is 3. The molecular formula is C18H16N6O2. The lowest BCUT2D eigenvalue weighted by Crippen LogP contribution is -2.10. The number of fused-ring (bicyclic) bond motifs is 1. The number of carbonyl (C=O) groups is 1. The second-order valence-corrected chi connectivity index (χ2v) is 6.13. The molecule has 8 nitrogen and oxygen atoms in total. The predicted octanol–water partition coefficient (Wildman–Crippen LogP) is 1.69. The van der Waals surface area contributed by atoms with Crippen molar-refractivity contribution in [2.75, 3.05) is 0 Å². The number of hydrogen-bond acceptors (Lipinski definition) is 5. The largest absolute Gasteiger partial charge is 0.322 e. The normalized spacial score (nSPS) is 11.2. The van der Waals surface area contributed by atoms with Gasteiger partial charge in [0.05, 0.1) is 5.52 Å². The lowest BCUT2D eigenvalue weighted by molar-refractivity contribution is 0.102. The van der Waals surface area contributed by atoms with Gasteiger partial charge in [-0.3, -0.25) is 9.59 Å². The molecule has 4 rings (SSSR count). The summed E-state index contributed by atoms with van der Waals surface area (Å²) in [4.78, 5) is 35.4. The molecule has 0 aliphatic carbocycles. The summed E-state index contributed by atoms with van der Waals surface area (Å²) in [5.41, 5.74) is 2.77. The highest BCUT2D eigenvalue weighted by Crippen LogP contribution is 2.22. The van der Waals surface area contributed by atoms with Gasteiger partial charge < -0.3 is 9.55 Å². The molecule has 0 aliphatic rings. The summed E-state index contributed by atoms with van der Waals surface area (Å²) in [6.45, 7) is 3.76. The number of aromatic nitrogens is 6. The second kappa shape index (κ2) is 5.76. The van der Waals surface area contributed by atoms with E-state index >= 15 is 0 Å². The van der Waals surface area contributed by atoms with E-state index in [1.54, 1.807) is 19.3 Å². The van der Waals surface area contributed by atoms with Gasteiger partial charge in [0.2, 0.25) is 17.2 Å².